The molecule has 2 aromatic heterocycles. The molecule has 2 aromatic carbocycles. The number of rotatable bonds is 7. The van der Waals surface area contributed by atoms with Crippen LogP contribution in [0.2, 0.25) is 0 Å². The summed E-state index contributed by atoms with van der Waals surface area (Å²) >= 11 is 0. The van der Waals surface area contributed by atoms with Gasteiger partial charge in [-0.25, -0.2) is 32.8 Å². The number of hydrogen-bond acceptors (Lipinski definition) is 12. The Hall–Kier alpha value is -5.37. The number of piperidine rings is 2. The molecule has 2 saturated heterocycles. The first-order valence-corrected chi connectivity index (χ1v) is 18.7. The van der Waals surface area contributed by atoms with Crippen molar-refractivity contribution in [2.45, 2.75) is 63.4 Å². The number of nitrogens with two attached hydrogens (primary N) is 2. The first kappa shape index (κ1) is 37.5. The minimum atomic E-state index is -0.987. The summed E-state index contributed by atoms with van der Waals surface area (Å²) < 4.78 is 47.9. The molecule has 298 valence electrons. The molecule has 8 rings (SSSR count). The molecule has 16 nitrogen and oxygen atoms in total. The zero-order chi connectivity index (χ0) is 39.7. The molecule has 0 spiro atoms. The van der Waals surface area contributed by atoms with Crippen LogP contribution in [0.3, 0.4) is 0 Å². The number of halogens is 3. The van der Waals surface area contributed by atoms with Gasteiger partial charge in [0.05, 0.1) is 0 Å². The predicted molar refractivity (Wildman–Crippen MR) is 204 cm³/mol. The van der Waals surface area contributed by atoms with Gasteiger partial charge in [-0.05, 0) is 61.1 Å². The normalized spacial score (nSPS) is 22.9. The van der Waals surface area contributed by atoms with Gasteiger partial charge in [-0.2, -0.15) is 0 Å². The summed E-state index contributed by atoms with van der Waals surface area (Å²) in [5.41, 5.74) is 11.4. The van der Waals surface area contributed by atoms with E-state index in [9.17, 15) is 32.3 Å². The lowest BCUT2D eigenvalue weighted by molar-refractivity contribution is 0.113. The Balaban J connectivity index is 1.44. The van der Waals surface area contributed by atoms with Gasteiger partial charge in [0.25, 0.3) is 11.1 Å². The summed E-state index contributed by atoms with van der Waals surface area (Å²) in [5.74, 6) is -1.83. The highest BCUT2D eigenvalue weighted by Gasteiger charge is 2.55. The lowest BCUT2D eigenvalue weighted by atomic mass is 10.1. The maximum atomic E-state index is 14.8. The molecule has 4 atom stereocenters. The third-order valence-electron chi connectivity index (χ3n) is 11.3. The number of nitrogens with one attached hydrogen (secondary N) is 1. The molecule has 2 fully saturated rings. The minimum absolute atomic E-state index is 0.0195. The summed E-state index contributed by atoms with van der Waals surface area (Å²) in [6.07, 6.45) is 0.919. The van der Waals surface area contributed by atoms with Crippen molar-refractivity contribution >= 4 is 23.0 Å². The molecule has 0 saturated carbocycles. The van der Waals surface area contributed by atoms with Gasteiger partial charge in [0.2, 0.25) is 0 Å². The van der Waals surface area contributed by atoms with Gasteiger partial charge in [0.15, 0.2) is 24.2 Å². The highest BCUT2D eigenvalue weighted by molar-refractivity contribution is 5.82. The van der Waals surface area contributed by atoms with Crippen LogP contribution in [0.15, 0.2) is 61.6 Å². The number of aromatic nitrogens is 4. The zero-order valence-electron chi connectivity index (χ0n) is 31.4. The second-order valence-corrected chi connectivity index (χ2v) is 15.2. The molecule has 0 bridgehead atoms. The van der Waals surface area contributed by atoms with Crippen LogP contribution in [0.4, 0.5) is 36.2 Å². The van der Waals surface area contributed by atoms with Gasteiger partial charge in [-0.3, -0.25) is 38.1 Å². The Morgan fingerprint density at radius 3 is 1.79 bits per heavy atom. The lowest BCUT2D eigenvalue weighted by Crippen LogP contribution is -2.69. The summed E-state index contributed by atoms with van der Waals surface area (Å²) in [5, 5.41) is 3.48. The molecule has 5 N–H and O–H groups in total. The summed E-state index contributed by atoms with van der Waals surface area (Å²) in [6.45, 7) is 1.52. The van der Waals surface area contributed by atoms with E-state index in [1.165, 1.54) is 54.5 Å². The van der Waals surface area contributed by atoms with Crippen molar-refractivity contribution in [3.63, 3.8) is 0 Å². The quantitative estimate of drug-likeness (QED) is 0.239. The third-order valence-corrected chi connectivity index (χ3v) is 11.3. The molecular weight excluding hydrogens is 733 g/mol. The van der Waals surface area contributed by atoms with Gasteiger partial charge in [0, 0.05) is 78.6 Å². The second-order valence-electron chi connectivity index (χ2n) is 15.2. The molecule has 4 unspecified atom stereocenters. The Kier molecular flexibility index (Phi) is 9.58. The van der Waals surface area contributed by atoms with Crippen LogP contribution in [0.5, 0.6) is 0 Å². The number of nitrogens with zero attached hydrogens (tertiary/aromatic N) is 9. The molecule has 19 heteroatoms. The lowest BCUT2D eigenvalue weighted by Gasteiger charge is -2.50. The van der Waals surface area contributed by atoms with E-state index in [1.54, 1.807) is 32.0 Å². The van der Waals surface area contributed by atoms with Gasteiger partial charge in [-0.15, -0.1) is 0 Å². The van der Waals surface area contributed by atoms with Crippen molar-refractivity contribution in [2.24, 2.45) is 32.6 Å². The van der Waals surface area contributed by atoms with Crippen molar-refractivity contribution in [2.75, 3.05) is 46.0 Å². The first-order chi connectivity index (χ1) is 26.7. The van der Waals surface area contributed by atoms with Gasteiger partial charge in [-0.1, -0.05) is 12.1 Å². The van der Waals surface area contributed by atoms with Crippen LogP contribution in [0.25, 0.3) is 0 Å². The SMILES string of the molecule is Cn1c2c(c(=O)[nH]c1=O)N(Cc1cc(F)cc(F)c1)C(N1CCCC(N)C1)N2N1c2c(c(=O)n(C)c(=O)n2C)N(Cc2cccc(F)c2)C1N1CCCC(N)C1. The fourth-order valence-corrected chi connectivity index (χ4v) is 8.84. The van der Waals surface area contributed by atoms with Crippen LogP contribution in [0.1, 0.15) is 36.8 Å². The highest BCUT2D eigenvalue weighted by Crippen LogP contribution is 2.47. The van der Waals surface area contributed by atoms with E-state index in [2.05, 4.69) is 9.88 Å². The molecule has 6 heterocycles. The maximum Gasteiger partial charge on any atom is 0.332 e. The first-order valence-electron chi connectivity index (χ1n) is 18.7. The molecule has 0 amide bonds. The molecule has 4 aromatic rings. The van der Waals surface area contributed by atoms with E-state index in [1.807, 2.05) is 4.90 Å². The van der Waals surface area contributed by atoms with Crippen molar-refractivity contribution in [1.82, 2.24) is 28.5 Å². The van der Waals surface area contributed by atoms with Crippen molar-refractivity contribution in [1.29, 1.82) is 0 Å². The Labute approximate surface area is 319 Å². The molecule has 4 aliphatic heterocycles. The van der Waals surface area contributed by atoms with Crippen LogP contribution in [0, 0.1) is 17.5 Å². The minimum Gasteiger partial charge on any atom is -0.327 e. The van der Waals surface area contributed by atoms with Crippen LogP contribution < -0.4 is 53.8 Å². The van der Waals surface area contributed by atoms with Crippen LogP contribution in [-0.4, -0.2) is 79.3 Å². The zero-order valence-corrected chi connectivity index (χ0v) is 31.4. The standard InChI is InChI=1S/C37H45F3N12O4/c1-44-31-28(30(53)43-34(44)55)49(18-22-14-24(39)16-25(40)15-22)35(47-11-5-9-26(41)19-47)51(31)52-32-29(33(54)46(3)37(56)45(32)2)50(17-21-7-4-8-23(38)13-21)36(52)48-12-6-10-27(42)20-48/h4,7-8,13-16,26-27,35-36H,5-6,9-12,17-20,41-42H2,1-3H3,(H,43,53,55). The predicted octanol–water partition coefficient (Wildman–Crippen LogP) is 0.570. The molecule has 0 aliphatic carbocycles. The number of likely N-dealkylation sites (tertiary alicyclic amines) is 2. The number of H-pyrrole nitrogens is 1. The number of fused-ring (bicyclic) bond motifs is 2. The smallest absolute Gasteiger partial charge is 0.327 e. The summed E-state index contributed by atoms with van der Waals surface area (Å²) in [6, 6.07) is 8.58. The highest BCUT2D eigenvalue weighted by atomic mass is 19.1. The fraction of sp³-hybridized carbons (Fsp3) is 0.459. The average molecular weight is 779 g/mol. The number of benzene rings is 2. The van der Waals surface area contributed by atoms with Crippen LogP contribution >= 0.6 is 0 Å². The van der Waals surface area contributed by atoms with Crippen molar-refractivity contribution in [3.05, 3.63) is 113 Å². The van der Waals surface area contributed by atoms with Crippen molar-refractivity contribution < 1.29 is 13.2 Å². The maximum absolute atomic E-state index is 14.8. The Morgan fingerprint density at radius 2 is 1.21 bits per heavy atom. The Morgan fingerprint density at radius 1 is 0.679 bits per heavy atom. The number of hydrogen-bond donors (Lipinski definition) is 3. The summed E-state index contributed by atoms with van der Waals surface area (Å²) in [4.78, 5) is 66.2. The van der Waals surface area contributed by atoms with Gasteiger partial charge >= 0.3 is 11.4 Å². The van der Waals surface area contributed by atoms with E-state index in [4.69, 9.17) is 11.5 Å². The molecule has 56 heavy (non-hydrogen) atoms. The number of anilines is 4. The second kappa shape index (κ2) is 14.3. The van der Waals surface area contributed by atoms with E-state index in [-0.39, 0.29) is 53.7 Å². The van der Waals surface area contributed by atoms with E-state index >= 15 is 0 Å². The Bertz CT molecular complexity index is 2410. The van der Waals surface area contributed by atoms with Gasteiger partial charge in [0.1, 0.15) is 28.8 Å². The topological polar surface area (TPSA) is 170 Å². The number of aromatic amines is 1. The molecule has 0 radical (unpaired) electrons. The van der Waals surface area contributed by atoms with E-state index in [0.29, 0.717) is 44.6 Å². The number of hydrazine groups is 1. The molecule has 4 aliphatic rings. The van der Waals surface area contributed by atoms with E-state index in [0.717, 1.165) is 23.5 Å². The van der Waals surface area contributed by atoms with E-state index < -0.39 is 52.5 Å². The monoisotopic (exact) mass is 778 g/mol. The fourth-order valence-electron chi connectivity index (χ4n) is 8.84. The largest absolute Gasteiger partial charge is 0.332 e. The molecular formula is C37H45F3N12O4. The average Bonchev–Trinajstić information content (AvgIpc) is 3.65. The summed E-state index contributed by atoms with van der Waals surface area (Å²) in [7, 11) is 4.40. The van der Waals surface area contributed by atoms with Crippen LogP contribution in [-0.2, 0) is 34.2 Å². The third kappa shape index (κ3) is 6.27. The van der Waals surface area contributed by atoms with Crippen molar-refractivity contribution in [3.8, 4) is 0 Å². The van der Waals surface area contributed by atoms with Gasteiger partial charge < -0.3 is 21.3 Å².